The number of fused-ring (bicyclic) bond motifs is 4. The van der Waals surface area contributed by atoms with E-state index in [0.29, 0.717) is 54.9 Å². The molecule has 1 aliphatic heterocycles. The number of nitrogens with zero attached hydrogens (tertiary/aromatic N) is 2. The summed E-state index contributed by atoms with van der Waals surface area (Å²) in [5, 5.41) is 12.3. The van der Waals surface area contributed by atoms with Crippen molar-refractivity contribution in [3.8, 4) is 11.1 Å². The molecule has 3 aromatic rings. The quantitative estimate of drug-likeness (QED) is 0.244. The number of aromatic nitrogens is 1. The second kappa shape index (κ2) is 16.3. The van der Waals surface area contributed by atoms with Crippen molar-refractivity contribution in [2.45, 2.75) is 96.8 Å². The number of rotatable bonds is 7. The Labute approximate surface area is 289 Å². The Kier molecular flexibility index (Phi) is 12.6. The minimum Gasteiger partial charge on any atom is -0.481 e. The van der Waals surface area contributed by atoms with Crippen LogP contribution >= 0.6 is 0 Å². The second-order valence-corrected chi connectivity index (χ2v) is 14.0. The Balaban J connectivity index is 1.90. The highest BCUT2D eigenvalue weighted by atomic mass is 19.4. The maximum atomic E-state index is 16.0. The third-order valence-corrected chi connectivity index (χ3v) is 9.35. The number of hydrogen-bond acceptors (Lipinski definition) is 4. The highest BCUT2D eigenvalue weighted by molar-refractivity contribution is 5.82. The number of halogens is 5. The van der Waals surface area contributed by atoms with Crippen molar-refractivity contribution >= 4 is 11.9 Å². The fraction of sp³-hybridized carbons (Fsp3) is 0.500. The molecule has 3 atom stereocenters. The van der Waals surface area contributed by atoms with Gasteiger partial charge in [-0.25, -0.2) is 8.78 Å². The second-order valence-electron chi connectivity index (χ2n) is 14.0. The van der Waals surface area contributed by atoms with E-state index in [1.165, 1.54) is 22.8 Å². The van der Waals surface area contributed by atoms with Gasteiger partial charge in [0.15, 0.2) is 0 Å². The average Bonchev–Trinajstić information content (AvgIpc) is 2.98. The number of nitrogens with one attached hydrogen (secondary N) is 1. The summed E-state index contributed by atoms with van der Waals surface area (Å²) in [7, 11) is 3.91. The van der Waals surface area contributed by atoms with E-state index in [2.05, 4.69) is 12.2 Å². The van der Waals surface area contributed by atoms with Gasteiger partial charge in [0.25, 0.3) is 5.56 Å². The van der Waals surface area contributed by atoms with E-state index in [0.717, 1.165) is 36.6 Å². The van der Waals surface area contributed by atoms with Crippen LogP contribution in [-0.2, 0) is 28.6 Å². The van der Waals surface area contributed by atoms with Gasteiger partial charge in [0.1, 0.15) is 17.7 Å². The van der Waals surface area contributed by atoms with Gasteiger partial charge in [0, 0.05) is 24.4 Å². The lowest BCUT2D eigenvalue weighted by Gasteiger charge is -2.27. The number of benzene rings is 2. The minimum atomic E-state index is -5.17. The normalized spacial score (nSPS) is 18.4. The molecule has 1 unspecified atom stereocenters. The first-order valence-corrected chi connectivity index (χ1v) is 17.0. The maximum Gasteiger partial charge on any atom is 0.419 e. The van der Waals surface area contributed by atoms with Gasteiger partial charge in [-0.15, -0.1) is 0 Å². The molecule has 1 aliphatic rings. The molecular formula is C38H46F5N3O4. The van der Waals surface area contributed by atoms with Crippen molar-refractivity contribution in [3.05, 3.63) is 91.9 Å². The van der Waals surface area contributed by atoms with Crippen molar-refractivity contribution in [2.75, 3.05) is 20.6 Å². The molecule has 2 N–H and O–H groups in total. The molecule has 4 rings (SSSR count). The van der Waals surface area contributed by atoms with Gasteiger partial charge in [-0.3, -0.25) is 14.4 Å². The number of carbonyl (C=O) groups excluding carboxylic acids is 1. The number of carboxylic acid groups (broad SMARTS) is 1. The lowest BCUT2D eigenvalue weighted by molar-refractivity contribution is -0.140. The molecule has 7 nitrogen and oxygen atoms in total. The predicted molar refractivity (Wildman–Crippen MR) is 182 cm³/mol. The maximum absolute atomic E-state index is 16.0. The molecule has 0 spiro atoms. The van der Waals surface area contributed by atoms with Gasteiger partial charge in [-0.2, -0.15) is 13.2 Å². The standard InChI is InChI=1S/C38H46F5N3O4/c1-22(20-45(4)5)13-27-21-46(33(47)15-23(27)2)32-12-10-8-6-7-9-11-25-16-28(39)14-24(3)35(25)26-17-29(31(19-34(48)49)44-37(32)50)36(40)30(18-26)38(41,42)43/h14-18,21-22,31-32H,6-13,19-20H2,1-5H3,(H,44,50)(H,48,49)/t22?,31-,32-/m0/s1. The van der Waals surface area contributed by atoms with Crippen molar-refractivity contribution in [1.82, 2.24) is 14.8 Å². The van der Waals surface area contributed by atoms with E-state index in [-0.39, 0.29) is 17.9 Å². The van der Waals surface area contributed by atoms with Gasteiger partial charge in [0.2, 0.25) is 5.91 Å². The predicted octanol–water partition coefficient (Wildman–Crippen LogP) is 7.94. The van der Waals surface area contributed by atoms with Crippen molar-refractivity contribution in [2.24, 2.45) is 5.92 Å². The molecule has 50 heavy (non-hydrogen) atoms. The van der Waals surface area contributed by atoms with Gasteiger partial charge in [-0.1, -0.05) is 32.6 Å². The van der Waals surface area contributed by atoms with E-state index in [1.54, 1.807) is 13.1 Å². The van der Waals surface area contributed by atoms with Crippen LogP contribution < -0.4 is 10.9 Å². The summed E-state index contributed by atoms with van der Waals surface area (Å²) in [5.41, 5.74) is -0.139. The number of aliphatic carboxylic acids is 1. The smallest absolute Gasteiger partial charge is 0.419 e. The van der Waals surface area contributed by atoms with E-state index in [9.17, 15) is 37.1 Å². The zero-order valence-corrected chi connectivity index (χ0v) is 29.2. The lowest BCUT2D eigenvalue weighted by atomic mass is 9.87. The summed E-state index contributed by atoms with van der Waals surface area (Å²) in [4.78, 5) is 41.7. The molecule has 0 saturated heterocycles. The summed E-state index contributed by atoms with van der Waals surface area (Å²) in [5.74, 6) is -4.35. The van der Waals surface area contributed by atoms with Gasteiger partial charge >= 0.3 is 12.1 Å². The molecule has 1 amide bonds. The number of carbonyl (C=O) groups is 2. The van der Waals surface area contributed by atoms with Crippen LogP contribution in [0, 0.1) is 31.4 Å². The fourth-order valence-corrected chi connectivity index (χ4v) is 7.14. The summed E-state index contributed by atoms with van der Waals surface area (Å²) in [6.45, 7) is 6.21. The van der Waals surface area contributed by atoms with Crippen molar-refractivity contribution in [3.63, 3.8) is 0 Å². The van der Waals surface area contributed by atoms with Crippen LogP contribution in [-0.4, -0.2) is 47.1 Å². The largest absolute Gasteiger partial charge is 0.481 e. The third kappa shape index (κ3) is 9.58. The molecule has 272 valence electrons. The molecule has 0 saturated carbocycles. The van der Waals surface area contributed by atoms with E-state index >= 15 is 4.39 Å². The highest BCUT2D eigenvalue weighted by Gasteiger charge is 2.38. The van der Waals surface area contributed by atoms with Gasteiger partial charge in [-0.05, 0) is 117 Å². The molecular weight excluding hydrogens is 657 g/mol. The van der Waals surface area contributed by atoms with Gasteiger partial charge < -0.3 is 19.9 Å². The lowest BCUT2D eigenvalue weighted by Crippen LogP contribution is -2.40. The fourth-order valence-electron chi connectivity index (χ4n) is 7.14. The number of alkyl halides is 3. The summed E-state index contributed by atoms with van der Waals surface area (Å²) >= 11 is 0. The first-order valence-electron chi connectivity index (χ1n) is 17.0. The molecule has 0 fully saturated rings. The Bertz CT molecular complexity index is 1770. The Morgan fingerprint density at radius 3 is 2.34 bits per heavy atom. The molecule has 2 heterocycles. The number of carboxylic acids is 1. The van der Waals surface area contributed by atoms with E-state index in [1.807, 2.05) is 25.9 Å². The van der Waals surface area contributed by atoms with Crippen LogP contribution in [0.5, 0.6) is 0 Å². The minimum absolute atomic E-state index is 0.0688. The zero-order valence-electron chi connectivity index (χ0n) is 29.2. The van der Waals surface area contributed by atoms with Crippen LogP contribution in [0.2, 0.25) is 0 Å². The van der Waals surface area contributed by atoms with Crippen LogP contribution in [0.1, 0.15) is 97.3 Å². The Morgan fingerprint density at radius 1 is 1.00 bits per heavy atom. The monoisotopic (exact) mass is 703 g/mol. The molecule has 2 aromatic carbocycles. The summed E-state index contributed by atoms with van der Waals surface area (Å²) < 4.78 is 74.9. The SMILES string of the molecule is Cc1cc(=O)n([C@H]2CCCCCCCc3cc(F)cc(C)c3-c3cc(c(F)c(C(F)(F)F)c3)[C@H](CC(=O)O)NC2=O)cc1CC(C)CN(C)C. The number of aryl methyl sites for hydroxylation is 3. The number of hydrogen-bond donors (Lipinski definition) is 2. The molecule has 1 aromatic heterocycles. The van der Waals surface area contributed by atoms with Crippen LogP contribution in [0.25, 0.3) is 11.1 Å². The summed E-state index contributed by atoms with van der Waals surface area (Å²) in [6.07, 6.45) is 0.00674. The summed E-state index contributed by atoms with van der Waals surface area (Å²) in [6, 6.07) is 2.81. The first-order chi connectivity index (χ1) is 23.5. The molecule has 0 radical (unpaired) electrons. The third-order valence-electron chi connectivity index (χ3n) is 9.35. The molecule has 2 bridgehead atoms. The van der Waals surface area contributed by atoms with Crippen LogP contribution in [0.15, 0.2) is 41.3 Å². The van der Waals surface area contributed by atoms with Crippen molar-refractivity contribution in [1.29, 1.82) is 0 Å². The van der Waals surface area contributed by atoms with E-state index in [4.69, 9.17) is 0 Å². The molecule has 12 heteroatoms. The average molecular weight is 704 g/mol. The van der Waals surface area contributed by atoms with Crippen LogP contribution in [0.3, 0.4) is 0 Å². The Morgan fingerprint density at radius 2 is 1.68 bits per heavy atom. The van der Waals surface area contributed by atoms with E-state index < -0.39 is 64.9 Å². The highest BCUT2D eigenvalue weighted by Crippen LogP contribution is 2.40. The number of amides is 1. The Hall–Kier alpha value is -4.06. The zero-order chi connectivity index (χ0) is 36.9. The topological polar surface area (TPSA) is 91.6 Å². The molecule has 0 aliphatic carbocycles. The number of pyridine rings is 1. The van der Waals surface area contributed by atoms with Crippen molar-refractivity contribution < 1.29 is 36.6 Å². The first kappa shape index (κ1) is 38.7. The van der Waals surface area contributed by atoms with Gasteiger partial charge in [0.05, 0.1) is 18.0 Å². The van der Waals surface area contributed by atoms with Crippen LogP contribution in [0.4, 0.5) is 22.0 Å².